The summed E-state index contributed by atoms with van der Waals surface area (Å²) in [6, 6.07) is 9.47. The third kappa shape index (κ3) is 4.80. The fourth-order valence-corrected chi connectivity index (χ4v) is 4.57. The van der Waals surface area contributed by atoms with Crippen LogP contribution in [-0.2, 0) is 16.6 Å². The Morgan fingerprint density at radius 3 is 2.58 bits per heavy atom. The Balaban J connectivity index is 2.19. The van der Waals surface area contributed by atoms with Crippen LogP contribution in [0.2, 0.25) is 4.34 Å². The van der Waals surface area contributed by atoms with Crippen LogP contribution in [0.4, 0.5) is 0 Å². The summed E-state index contributed by atoms with van der Waals surface area (Å²) in [5.41, 5.74) is 0.326. The Kier molecular flexibility index (Phi) is 6.03. The van der Waals surface area contributed by atoms with Crippen molar-refractivity contribution in [2.45, 2.75) is 31.3 Å². The number of rotatable bonds is 6. The van der Waals surface area contributed by atoms with Gasteiger partial charge in [-0.3, -0.25) is 4.79 Å². The Morgan fingerprint density at radius 2 is 2.00 bits per heavy atom. The monoisotopic (exact) mass is 386 g/mol. The van der Waals surface area contributed by atoms with Crippen molar-refractivity contribution in [2.75, 3.05) is 7.05 Å². The second-order valence-electron chi connectivity index (χ2n) is 5.67. The molecule has 0 atom stereocenters. The average Bonchev–Trinajstić information content (AvgIpc) is 2.90. The molecule has 0 aliphatic rings. The van der Waals surface area contributed by atoms with Gasteiger partial charge in [-0.2, -0.15) is 0 Å². The second-order valence-corrected chi connectivity index (χ2v) is 9.18. The molecule has 1 aromatic carbocycles. The third-order valence-electron chi connectivity index (χ3n) is 3.15. The Hall–Kier alpha value is -1.41. The van der Waals surface area contributed by atoms with Gasteiger partial charge in [-0.1, -0.05) is 17.7 Å². The number of hydrogen-bond acceptors (Lipinski definition) is 4. The van der Waals surface area contributed by atoms with Gasteiger partial charge in [0, 0.05) is 23.5 Å². The van der Waals surface area contributed by atoms with Crippen molar-refractivity contribution in [3.63, 3.8) is 0 Å². The van der Waals surface area contributed by atoms with E-state index >= 15 is 0 Å². The van der Waals surface area contributed by atoms with Gasteiger partial charge in [-0.25, -0.2) is 13.1 Å². The summed E-state index contributed by atoms with van der Waals surface area (Å²) in [6.07, 6.45) is 0. The molecule has 0 fully saturated rings. The second kappa shape index (κ2) is 7.65. The van der Waals surface area contributed by atoms with Gasteiger partial charge in [0.1, 0.15) is 0 Å². The first-order chi connectivity index (χ1) is 11.2. The third-order valence-corrected chi connectivity index (χ3v) is 6.02. The zero-order valence-electron chi connectivity index (χ0n) is 13.6. The molecule has 1 N–H and O–H groups in total. The maximum absolute atomic E-state index is 12.5. The van der Waals surface area contributed by atoms with E-state index in [2.05, 4.69) is 4.72 Å². The molecule has 24 heavy (non-hydrogen) atoms. The van der Waals surface area contributed by atoms with Crippen LogP contribution in [0.25, 0.3) is 0 Å². The Morgan fingerprint density at radius 1 is 1.29 bits per heavy atom. The molecule has 0 aliphatic heterocycles. The minimum Gasteiger partial charge on any atom is -0.337 e. The molecule has 0 saturated carbocycles. The number of sulfonamides is 1. The quantitative estimate of drug-likeness (QED) is 0.827. The molecule has 5 nitrogen and oxygen atoms in total. The molecule has 0 radical (unpaired) electrons. The van der Waals surface area contributed by atoms with Crippen LogP contribution in [0.1, 0.15) is 29.1 Å². The van der Waals surface area contributed by atoms with E-state index in [1.54, 1.807) is 39.1 Å². The number of hydrogen-bond donors (Lipinski definition) is 1. The van der Waals surface area contributed by atoms with Crippen LogP contribution in [0.5, 0.6) is 0 Å². The first-order valence-corrected chi connectivity index (χ1v) is 9.99. The maximum atomic E-state index is 12.5. The summed E-state index contributed by atoms with van der Waals surface area (Å²) in [4.78, 5) is 15.1. The number of amides is 1. The normalized spacial score (nSPS) is 11.7. The Labute approximate surface area is 151 Å². The first-order valence-electron chi connectivity index (χ1n) is 7.31. The molecular weight excluding hydrogens is 368 g/mol. The predicted octanol–water partition coefficient (Wildman–Crippen LogP) is 3.36. The van der Waals surface area contributed by atoms with Gasteiger partial charge in [0.2, 0.25) is 10.0 Å². The van der Waals surface area contributed by atoms with Crippen LogP contribution >= 0.6 is 22.9 Å². The molecule has 1 amide bonds. The summed E-state index contributed by atoms with van der Waals surface area (Å²) >= 11 is 7.30. The van der Waals surface area contributed by atoms with Gasteiger partial charge in [0.05, 0.1) is 15.8 Å². The largest absolute Gasteiger partial charge is 0.337 e. The van der Waals surface area contributed by atoms with E-state index in [9.17, 15) is 13.2 Å². The van der Waals surface area contributed by atoms with Crippen molar-refractivity contribution in [1.82, 2.24) is 9.62 Å². The predicted molar refractivity (Wildman–Crippen MR) is 97.0 cm³/mol. The fraction of sp³-hybridized carbons (Fsp3) is 0.312. The summed E-state index contributed by atoms with van der Waals surface area (Å²) in [5.74, 6) is -0.249. The van der Waals surface area contributed by atoms with E-state index in [0.717, 1.165) is 4.88 Å². The van der Waals surface area contributed by atoms with Crippen LogP contribution in [0.3, 0.4) is 0 Å². The lowest BCUT2D eigenvalue weighted by Crippen LogP contribution is -2.31. The van der Waals surface area contributed by atoms with Gasteiger partial charge < -0.3 is 4.90 Å². The SMILES string of the molecule is CC(C)NS(=O)(=O)c1cccc(C(=O)N(C)Cc2ccc(Cl)s2)c1. The molecule has 0 saturated heterocycles. The summed E-state index contributed by atoms with van der Waals surface area (Å²) in [6.45, 7) is 3.90. The topological polar surface area (TPSA) is 66.5 Å². The van der Waals surface area contributed by atoms with Crippen molar-refractivity contribution in [3.05, 3.63) is 51.2 Å². The van der Waals surface area contributed by atoms with Crippen LogP contribution in [-0.4, -0.2) is 32.3 Å². The maximum Gasteiger partial charge on any atom is 0.253 e. The van der Waals surface area contributed by atoms with Gasteiger partial charge in [-0.15, -0.1) is 11.3 Å². The van der Waals surface area contributed by atoms with Crippen molar-refractivity contribution >= 4 is 38.9 Å². The highest BCUT2D eigenvalue weighted by Crippen LogP contribution is 2.23. The molecule has 1 heterocycles. The smallest absolute Gasteiger partial charge is 0.253 e. The molecule has 0 aliphatic carbocycles. The number of nitrogens with one attached hydrogen (secondary N) is 1. The fourth-order valence-electron chi connectivity index (χ4n) is 2.14. The van der Waals surface area contributed by atoms with Gasteiger partial charge >= 0.3 is 0 Å². The highest BCUT2D eigenvalue weighted by molar-refractivity contribution is 7.89. The van der Waals surface area contributed by atoms with Gasteiger partial charge in [0.15, 0.2) is 0 Å². The number of halogens is 1. The molecule has 130 valence electrons. The number of benzene rings is 1. The van der Waals surface area contributed by atoms with E-state index < -0.39 is 10.0 Å². The average molecular weight is 387 g/mol. The summed E-state index contributed by atoms with van der Waals surface area (Å²) in [5, 5.41) is 0. The highest BCUT2D eigenvalue weighted by Gasteiger charge is 2.19. The first kappa shape index (κ1) is 18.9. The number of carbonyl (C=O) groups excluding carboxylic acids is 1. The lowest BCUT2D eigenvalue weighted by Gasteiger charge is -2.17. The minimum absolute atomic E-state index is 0.0784. The molecule has 1 aromatic heterocycles. The molecule has 2 rings (SSSR count). The number of carbonyl (C=O) groups is 1. The van der Waals surface area contributed by atoms with E-state index in [4.69, 9.17) is 11.6 Å². The highest BCUT2D eigenvalue weighted by atomic mass is 35.5. The molecule has 0 unspecified atom stereocenters. The number of thiophene rings is 1. The summed E-state index contributed by atoms with van der Waals surface area (Å²) in [7, 11) is -1.96. The molecule has 2 aromatic rings. The lowest BCUT2D eigenvalue weighted by atomic mass is 10.2. The van der Waals surface area contributed by atoms with Crippen LogP contribution in [0.15, 0.2) is 41.3 Å². The van der Waals surface area contributed by atoms with E-state index in [0.29, 0.717) is 16.4 Å². The minimum atomic E-state index is -3.63. The van der Waals surface area contributed by atoms with Crippen LogP contribution in [0, 0.1) is 0 Å². The van der Waals surface area contributed by atoms with Crippen molar-refractivity contribution in [1.29, 1.82) is 0 Å². The Bertz CT molecular complexity index is 831. The molecule has 0 spiro atoms. The van der Waals surface area contributed by atoms with Crippen LogP contribution < -0.4 is 4.72 Å². The van der Waals surface area contributed by atoms with Crippen molar-refractivity contribution in [2.24, 2.45) is 0 Å². The van der Waals surface area contributed by atoms with Gasteiger partial charge in [-0.05, 0) is 44.2 Å². The van der Waals surface area contributed by atoms with Crippen molar-refractivity contribution in [3.8, 4) is 0 Å². The standard InChI is InChI=1S/C16H19ClN2O3S2/c1-11(2)18-24(21,22)14-6-4-5-12(9-14)16(20)19(3)10-13-7-8-15(17)23-13/h4-9,11,18H,10H2,1-3H3. The van der Waals surface area contributed by atoms with E-state index in [1.165, 1.54) is 28.4 Å². The van der Waals surface area contributed by atoms with Gasteiger partial charge in [0.25, 0.3) is 5.91 Å². The zero-order chi connectivity index (χ0) is 17.9. The molecule has 8 heteroatoms. The molecular formula is C16H19ClN2O3S2. The van der Waals surface area contributed by atoms with E-state index in [1.807, 2.05) is 6.07 Å². The lowest BCUT2D eigenvalue weighted by molar-refractivity contribution is 0.0786. The zero-order valence-corrected chi connectivity index (χ0v) is 16.0. The molecule has 0 bridgehead atoms. The summed E-state index contributed by atoms with van der Waals surface area (Å²) < 4.78 is 27.6. The number of nitrogens with zero attached hydrogens (tertiary/aromatic N) is 1. The van der Waals surface area contributed by atoms with Crippen molar-refractivity contribution < 1.29 is 13.2 Å². The van der Waals surface area contributed by atoms with E-state index in [-0.39, 0.29) is 16.8 Å².